The van der Waals surface area contributed by atoms with Crippen molar-refractivity contribution >= 4 is 23.3 Å². The van der Waals surface area contributed by atoms with Crippen molar-refractivity contribution in [3.63, 3.8) is 0 Å². The second kappa shape index (κ2) is 8.89. The molecule has 6 N–H and O–H groups in total. The predicted octanol–water partition coefficient (Wildman–Crippen LogP) is 3.02. The fraction of sp³-hybridized carbons (Fsp3) is 0.0455. The number of nitrogens with two attached hydrogens (primary N) is 1. The summed E-state index contributed by atoms with van der Waals surface area (Å²) in [6.07, 6.45) is 0. The summed E-state index contributed by atoms with van der Waals surface area (Å²) in [6, 6.07) is 18.1. The minimum Gasteiger partial charge on any atom is -0.497 e. The first-order valence-electron chi connectivity index (χ1n) is 8.92. The molecule has 30 heavy (non-hydrogen) atoms. The molecule has 0 saturated heterocycles. The van der Waals surface area contributed by atoms with Crippen molar-refractivity contribution in [1.82, 2.24) is 5.48 Å². The van der Waals surface area contributed by atoms with Crippen LogP contribution in [0.3, 0.4) is 0 Å². The SMILES string of the molecule is COc1ccc(-c2ccccc2C(=O)NO)c(C(=O)Nc2ccc(C(=N)N)cc2)c1. The number of rotatable bonds is 6. The van der Waals surface area contributed by atoms with E-state index >= 15 is 0 Å². The van der Waals surface area contributed by atoms with Gasteiger partial charge >= 0.3 is 0 Å². The highest BCUT2D eigenvalue weighted by Crippen LogP contribution is 2.31. The van der Waals surface area contributed by atoms with Gasteiger partial charge in [0.15, 0.2) is 0 Å². The number of hydrogen-bond donors (Lipinski definition) is 5. The number of carbonyl (C=O) groups is 2. The van der Waals surface area contributed by atoms with Gasteiger partial charge in [-0.05, 0) is 59.7 Å². The van der Waals surface area contributed by atoms with Gasteiger partial charge in [0.05, 0.1) is 12.7 Å². The van der Waals surface area contributed by atoms with Gasteiger partial charge in [-0.3, -0.25) is 20.2 Å². The van der Waals surface area contributed by atoms with E-state index in [0.717, 1.165) is 0 Å². The number of amides is 2. The lowest BCUT2D eigenvalue weighted by Crippen LogP contribution is -2.20. The Hall–Kier alpha value is -4.17. The molecule has 0 saturated carbocycles. The molecule has 0 aliphatic heterocycles. The summed E-state index contributed by atoms with van der Waals surface area (Å²) in [4.78, 5) is 25.1. The molecule has 3 aromatic rings. The molecule has 0 unspecified atom stereocenters. The molecule has 3 aromatic carbocycles. The van der Waals surface area contributed by atoms with Crippen LogP contribution >= 0.6 is 0 Å². The fourth-order valence-electron chi connectivity index (χ4n) is 2.98. The first kappa shape index (κ1) is 20.6. The number of hydrogen-bond acceptors (Lipinski definition) is 5. The number of nitrogen functional groups attached to an aromatic ring is 1. The summed E-state index contributed by atoms with van der Waals surface area (Å²) in [7, 11) is 1.49. The summed E-state index contributed by atoms with van der Waals surface area (Å²) in [6.45, 7) is 0. The summed E-state index contributed by atoms with van der Waals surface area (Å²) in [5, 5.41) is 19.3. The molecule has 0 spiro atoms. The van der Waals surface area contributed by atoms with Gasteiger partial charge in [-0.1, -0.05) is 18.2 Å². The van der Waals surface area contributed by atoms with Crippen molar-refractivity contribution in [2.45, 2.75) is 0 Å². The Kier molecular flexibility index (Phi) is 6.09. The van der Waals surface area contributed by atoms with E-state index < -0.39 is 11.8 Å². The zero-order chi connectivity index (χ0) is 21.7. The van der Waals surface area contributed by atoms with Crippen LogP contribution in [0.2, 0.25) is 0 Å². The van der Waals surface area contributed by atoms with Gasteiger partial charge in [0.2, 0.25) is 0 Å². The van der Waals surface area contributed by atoms with Gasteiger partial charge in [-0.25, -0.2) is 5.48 Å². The highest BCUT2D eigenvalue weighted by Gasteiger charge is 2.19. The number of nitrogens with one attached hydrogen (secondary N) is 3. The zero-order valence-electron chi connectivity index (χ0n) is 16.1. The molecule has 0 fully saturated rings. The summed E-state index contributed by atoms with van der Waals surface area (Å²) >= 11 is 0. The molecule has 8 heteroatoms. The van der Waals surface area contributed by atoms with Crippen LogP contribution in [0, 0.1) is 5.41 Å². The normalized spacial score (nSPS) is 10.2. The predicted molar refractivity (Wildman–Crippen MR) is 113 cm³/mol. The maximum absolute atomic E-state index is 13.1. The molecule has 0 radical (unpaired) electrons. The Morgan fingerprint density at radius 1 is 0.933 bits per heavy atom. The average Bonchev–Trinajstić information content (AvgIpc) is 2.78. The molecule has 0 atom stereocenters. The fourth-order valence-corrected chi connectivity index (χ4v) is 2.98. The number of carbonyl (C=O) groups excluding carboxylic acids is 2. The van der Waals surface area contributed by atoms with Gasteiger partial charge in [0.1, 0.15) is 11.6 Å². The van der Waals surface area contributed by atoms with Gasteiger partial charge in [0.25, 0.3) is 11.8 Å². The van der Waals surface area contributed by atoms with E-state index in [1.165, 1.54) is 7.11 Å². The van der Waals surface area contributed by atoms with Gasteiger partial charge in [0, 0.05) is 16.8 Å². The van der Waals surface area contributed by atoms with Crippen molar-refractivity contribution in [3.05, 3.63) is 83.4 Å². The Labute approximate surface area is 172 Å². The summed E-state index contributed by atoms with van der Waals surface area (Å²) in [5.41, 5.74) is 9.60. The second-order valence-electron chi connectivity index (χ2n) is 6.34. The maximum atomic E-state index is 13.1. The molecule has 2 amide bonds. The number of benzene rings is 3. The van der Waals surface area contributed by atoms with E-state index in [2.05, 4.69) is 5.32 Å². The van der Waals surface area contributed by atoms with Crippen molar-refractivity contribution in [2.24, 2.45) is 5.73 Å². The van der Waals surface area contributed by atoms with Crippen LogP contribution in [0.5, 0.6) is 5.75 Å². The number of methoxy groups -OCH3 is 1. The zero-order valence-corrected chi connectivity index (χ0v) is 16.1. The minimum atomic E-state index is -0.687. The molecule has 3 rings (SSSR count). The van der Waals surface area contributed by atoms with Crippen LogP contribution < -0.4 is 21.3 Å². The maximum Gasteiger partial charge on any atom is 0.275 e. The summed E-state index contributed by atoms with van der Waals surface area (Å²) < 4.78 is 5.25. The Morgan fingerprint density at radius 3 is 2.23 bits per heavy atom. The smallest absolute Gasteiger partial charge is 0.275 e. The lowest BCUT2D eigenvalue weighted by atomic mass is 9.94. The van der Waals surface area contributed by atoms with E-state index in [1.807, 2.05) is 0 Å². The molecule has 0 aliphatic rings. The van der Waals surface area contributed by atoms with Crippen LogP contribution in [-0.4, -0.2) is 30.0 Å². The monoisotopic (exact) mass is 404 g/mol. The van der Waals surface area contributed by atoms with Crippen LogP contribution in [-0.2, 0) is 0 Å². The first-order valence-corrected chi connectivity index (χ1v) is 8.92. The van der Waals surface area contributed by atoms with E-state index in [1.54, 1.807) is 72.2 Å². The van der Waals surface area contributed by atoms with Gasteiger partial charge in [-0.2, -0.15) is 0 Å². The van der Waals surface area contributed by atoms with Crippen molar-refractivity contribution in [3.8, 4) is 16.9 Å². The van der Waals surface area contributed by atoms with Gasteiger partial charge in [-0.15, -0.1) is 0 Å². The molecule has 0 heterocycles. The number of hydroxylamine groups is 1. The van der Waals surface area contributed by atoms with Gasteiger partial charge < -0.3 is 15.8 Å². The molecule has 0 aliphatic carbocycles. The number of amidine groups is 1. The highest BCUT2D eigenvalue weighted by molar-refractivity contribution is 6.11. The van der Waals surface area contributed by atoms with Crippen LogP contribution in [0.1, 0.15) is 26.3 Å². The lowest BCUT2D eigenvalue weighted by Gasteiger charge is -2.15. The lowest BCUT2D eigenvalue weighted by molar-refractivity contribution is 0.0707. The third-order valence-electron chi connectivity index (χ3n) is 4.49. The third kappa shape index (κ3) is 4.29. The van der Waals surface area contributed by atoms with Crippen molar-refractivity contribution in [1.29, 1.82) is 5.41 Å². The van der Waals surface area contributed by atoms with Crippen molar-refractivity contribution in [2.75, 3.05) is 12.4 Å². The Bertz CT molecular complexity index is 1110. The quantitative estimate of drug-likeness (QED) is 0.186. The minimum absolute atomic E-state index is 0.0678. The number of anilines is 1. The Balaban J connectivity index is 2.03. The largest absolute Gasteiger partial charge is 0.497 e. The van der Waals surface area contributed by atoms with E-state index in [9.17, 15) is 9.59 Å². The first-order chi connectivity index (χ1) is 14.4. The summed E-state index contributed by atoms with van der Waals surface area (Å²) in [5.74, 6) is -0.701. The highest BCUT2D eigenvalue weighted by atomic mass is 16.5. The molecule has 152 valence electrons. The van der Waals surface area contributed by atoms with E-state index in [0.29, 0.717) is 28.1 Å². The van der Waals surface area contributed by atoms with Crippen LogP contribution in [0.15, 0.2) is 66.7 Å². The molecule has 0 aromatic heterocycles. The second-order valence-corrected chi connectivity index (χ2v) is 6.34. The molecule has 8 nitrogen and oxygen atoms in total. The molecular weight excluding hydrogens is 384 g/mol. The third-order valence-corrected chi connectivity index (χ3v) is 4.49. The van der Waals surface area contributed by atoms with Crippen LogP contribution in [0.4, 0.5) is 5.69 Å². The average molecular weight is 404 g/mol. The number of ether oxygens (including phenoxy) is 1. The van der Waals surface area contributed by atoms with E-state index in [-0.39, 0.29) is 17.0 Å². The van der Waals surface area contributed by atoms with E-state index in [4.69, 9.17) is 21.1 Å². The Morgan fingerprint density at radius 2 is 1.60 bits per heavy atom. The molecule has 0 bridgehead atoms. The van der Waals surface area contributed by atoms with Crippen molar-refractivity contribution < 1.29 is 19.5 Å². The van der Waals surface area contributed by atoms with Crippen LogP contribution in [0.25, 0.3) is 11.1 Å². The topological polar surface area (TPSA) is 138 Å². The standard InChI is InChI=1S/C22H20N4O4/c1-30-15-10-11-17(16-4-2-3-5-18(16)22(28)26-29)19(12-15)21(27)25-14-8-6-13(7-9-14)20(23)24/h2-12,29H,1H3,(H3,23,24)(H,25,27)(H,26,28). The molecular formula is C22H20N4O4.